The van der Waals surface area contributed by atoms with Crippen LogP contribution in [0.3, 0.4) is 0 Å². The van der Waals surface area contributed by atoms with Gasteiger partial charge < -0.3 is 15.1 Å². The topological polar surface area (TPSA) is 69.7 Å². The third kappa shape index (κ3) is 2.00. The molecule has 1 atom stereocenters. The number of piperazine rings is 1. The summed E-state index contributed by atoms with van der Waals surface area (Å²) in [6.07, 6.45) is 0.941. The van der Waals surface area contributed by atoms with E-state index < -0.39 is 6.04 Å². The van der Waals surface area contributed by atoms with Crippen molar-refractivity contribution >= 4 is 17.7 Å². The lowest BCUT2D eigenvalue weighted by atomic mass is 10.2. The van der Waals surface area contributed by atoms with Crippen molar-refractivity contribution in [3.8, 4) is 0 Å². The molecule has 0 saturated carbocycles. The SMILES string of the molecule is CN1CCN(C(=O)C2CCC(=O)N2)CC1=O. The van der Waals surface area contributed by atoms with Gasteiger partial charge >= 0.3 is 0 Å². The summed E-state index contributed by atoms with van der Waals surface area (Å²) in [6, 6.07) is -0.427. The molecule has 2 aliphatic heterocycles. The van der Waals surface area contributed by atoms with Crippen LogP contribution in [-0.2, 0) is 14.4 Å². The molecule has 2 saturated heterocycles. The van der Waals surface area contributed by atoms with Gasteiger partial charge in [0.25, 0.3) is 0 Å². The third-order valence-corrected chi connectivity index (χ3v) is 3.06. The normalized spacial score (nSPS) is 25.9. The molecule has 2 fully saturated rings. The molecule has 16 heavy (non-hydrogen) atoms. The van der Waals surface area contributed by atoms with E-state index in [1.165, 1.54) is 4.90 Å². The van der Waals surface area contributed by atoms with Crippen LogP contribution in [0.1, 0.15) is 12.8 Å². The molecule has 0 spiro atoms. The van der Waals surface area contributed by atoms with Crippen LogP contribution < -0.4 is 5.32 Å². The third-order valence-electron chi connectivity index (χ3n) is 3.06. The van der Waals surface area contributed by atoms with Gasteiger partial charge in [0.1, 0.15) is 6.04 Å². The zero-order chi connectivity index (χ0) is 11.7. The van der Waals surface area contributed by atoms with Crippen LogP contribution >= 0.6 is 0 Å². The van der Waals surface area contributed by atoms with Crippen LogP contribution in [-0.4, -0.2) is 60.2 Å². The molecule has 0 aromatic carbocycles. The minimum absolute atomic E-state index is 0.0519. The van der Waals surface area contributed by atoms with Crippen molar-refractivity contribution in [2.45, 2.75) is 18.9 Å². The summed E-state index contributed by atoms with van der Waals surface area (Å²) in [5, 5.41) is 2.62. The van der Waals surface area contributed by atoms with E-state index in [9.17, 15) is 14.4 Å². The molecule has 6 nitrogen and oxygen atoms in total. The molecule has 0 radical (unpaired) electrons. The van der Waals surface area contributed by atoms with Crippen LogP contribution in [0, 0.1) is 0 Å². The molecule has 0 aliphatic carbocycles. The van der Waals surface area contributed by atoms with E-state index >= 15 is 0 Å². The number of likely N-dealkylation sites (N-methyl/N-ethyl adjacent to an activating group) is 1. The summed E-state index contributed by atoms with van der Waals surface area (Å²) in [4.78, 5) is 37.5. The number of carbonyl (C=O) groups excluding carboxylic acids is 3. The average Bonchev–Trinajstić information content (AvgIpc) is 2.68. The van der Waals surface area contributed by atoms with Gasteiger partial charge in [-0.05, 0) is 6.42 Å². The highest BCUT2D eigenvalue weighted by Crippen LogP contribution is 2.11. The molecule has 1 N–H and O–H groups in total. The van der Waals surface area contributed by atoms with Crippen LogP contribution in [0.15, 0.2) is 0 Å². The largest absolute Gasteiger partial charge is 0.344 e. The van der Waals surface area contributed by atoms with Gasteiger partial charge in [-0.15, -0.1) is 0 Å². The second-order valence-electron chi connectivity index (χ2n) is 4.23. The fourth-order valence-corrected chi connectivity index (χ4v) is 1.97. The van der Waals surface area contributed by atoms with Crippen molar-refractivity contribution in [3.05, 3.63) is 0 Å². The number of nitrogens with zero attached hydrogens (tertiary/aromatic N) is 2. The smallest absolute Gasteiger partial charge is 0.245 e. The molecule has 1 unspecified atom stereocenters. The molecule has 0 aromatic rings. The molecule has 2 heterocycles. The minimum atomic E-state index is -0.427. The lowest BCUT2D eigenvalue weighted by Gasteiger charge is -2.33. The van der Waals surface area contributed by atoms with E-state index in [2.05, 4.69) is 5.32 Å². The van der Waals surface area contributed by atoms with E-state index in [0.29, 0.717) is 25.9 Å². The Morgan fingerprint density at radius 1 is 1.38 bits per heavy atom. The van der Waals surface area contributed by atoms with E-state index in [0.717, 1.165) is 0 Å². The van der Waals surface area contributed by atoms with Gasteiger partial charge in [-0.25, -0.2) is 0 Å². The summed E-state index contributed by atoms with van der Waals surface area (Å²) in [7, 11) is 1.72. The number of rotatable bonds is 1. The highest BCUT2D eigenvalue weighted by Gasteiger charge is 2.33. The van der Waals surface area contributed by atoms with Crippen LogP contribution in [0.4, 0.5) is 0 Å². The molecule has 2 rings (SSSR count). The quantitative estimate of drug-likeness (QED) is 0.594. The fourth-order valence-electron chi connectivity index (χ4n) is 1.97. The highest BCUT2D eigenvalue weighted by molar-refractivity contribution is 5.93. The van der Waals surface area contributed by atoms with Crippen LogP contribution in [0.25, 0.3) is 0 Å². The maximum atomic E-state index is 11.9. The van der Waals surface area contributed by atoms with Gasteiger partial charge in [0, 0.05) is 26.6 Å². The first kappa shape index (κ1) is 10.9. The molecule has 6 heteroatoms. The summed E-state index contributed by atoms with van der Waals surface area (Å²) in [6.45, 7) is 1.24. The molecule has 3 amide bonds. The lowest BCUT2D eigenvalue weighted by Crippen LogP contribution is -2.54. The van der Waals surface area contributed by atoms with Crippen molar-refractivity contribution in [2.24, 2.45) is 0 Å². The number of nitrogens with one attached hydrogen (secondary N) is 1. The zero-order valence-electron chi connectivity index (χ0n) is 9.23. The van der Waals surface area contributed by atoms with Crippen molar-refractivity contribution in [1.29, 1.82) is 0 Å². The second-order valence-corrected chi connectivity index (χ2v) is 4.23. The Bertz CT molecular complexity index is 342. The van der Waals surface area contributed by atoms with E-state index in [4.69, 9.17) is 0 Å². The maximum Gasteiger partial charge on any atom is 0.245 e. The monoisotopic (exact) mass is 225 g/mol. The van der Waals surface area contributed by atoms with Crippen LogP contribution in [0.2, 0.25) is 0 Å². The maximum absolute atomic E-state index is 11.9. The van der Waals surface area contributed by atoms with Crippen molar-refractivity contribution in [2.75, 3.05) is 26.7 Å². The molecular weight excluding hydrogens is 210 g/mol. The zero-order valence-corrected chi connectivity index (χ0v) is 9.23. The van der Waals surface area contributed by atoms with Crippen molar-refractivity contribution in [3.63, 3.8) is 0 Å². The van der Waals surface area contributed by atoms with Gasteiger partial charge in [-0.3, -0.25) is 14.4 Å². The van der Waals surface area contributed by atoms with Gasteiger partial charge in [-0.1, -0.05) is 0 Å². The summed E-state index contributed by atoms with van der Waals surface area (Å²) in [5.74, 6) is -0.268. The number of hydrogen-bond acceptors (Lipinski definition) is 3. The summed E-state index contributed by atoms with van der Waals surface area (Å²) < 4.78 is 0. The minimum Gasteiger partial charge on any atom is -0.344 e. The second kappa shape index (κ2) is 4.11. The Balaban J connectivity index is 1.95. The van der Waals surface area contributed by atoms with Crippen LogP contribution in [0.5, 0.6) is 0 Å². The fraction of sp³-hybridized carbons (Fsp3) is 0.700. The standard InChI is InChI=1S/C10H15N3O3/c1-12-4-5-13(6-9(12)15)10(16)7-2-3-8(14)11-7/h7H,2-6H2,1H3,(H,11,14). The van der Waals surface area contributed by atoms with Gasteiger partial charge in [0.2, 0.25) is 17.7 Å². The van der Waals surface area contributed by atoms with E-state index in [1.54, 1.807) is 11.9 Å². The molecule has 2 aliphatic rings. The van der Waals surface area contributed by atoms with Gasteiger partial charge in [0.15, 0.2) is 0 Å². The Kier molecular flexibility index (Phi) is 2.80. The first-order chi connectivity index (χ1) is 7.58. The summed E-state index contributed by atoms with van der Waals surface area (Å²) in [5.41, 5.74) is 0. The van der Waals surface area contributed by atoms with Crippen molar-refractivity contribution in [1.82, 2.24) is 15.1 Å². The number of amides is 3. The Morgan fingerprint density at radius 2 is 2.12 bits per heavy atom. The molecule has 88 valence electrons. The van der Waals surface area contributed by atoms with Crippen molar-refractivity contribution < 1.29 is 14.4 Å². The molecule has 0 aromatic heterocycles. The first-order valence-electron chi connectivity index (χ1n) is 5.40. The summed E-state index contributed by atoms with van der Waals surface area (Å²) >= 11 is 0. The molecular formula is C10H15N3O3. The number of hydrogen-bond donors (Lipinski definition) is 1. The predicted octanol–water partition coefficient (Wildman–Crippen LogP) is -1.43. The average molecular weight is 225 g/mol. The Morgan fingerprint density at radius 3 is 2.69 bits per heavy atom. The highest BCUT2D eigenvalue weighted by atomic mass is 16.2. The Hall–Kier alpha value is -1.59. The predicted molar refractivity (Wildman–Crippen MR) is 55.4 cm³/mol. The first-order valence-corrected chi connectivity index (χ1v) is 5.40. The van der Waals surface area contributed by atoms with Gasteiger partial charge in [0.05, 0.1) is 6.54 Å². The lowest BCUT2D eigenvalue weighted by molar-refractivity contribution is -0.145. The number of carbonyl (C=O) groups is 3. The van der Waals surface area contributed by atoms with E-state index in [-0.39, 0.29) is 24.3 Å². The van der Waals surface area contributed by atoms with Gasteiger partial charge in [-0.2, -0.15) is 0 Å². The Labute approximate surface area is 93.6 Å². The molecule has 0 bridgehead atoms. The van der Waals surface area contributed by atoms with E-state index in [1.807, 2.05) is 0 Å².